The van der Waals surface area contributed by atoms with Gasteiger partial charge in [-0.2, -0.15) is 0 Å². The highest BCUT2D eigenvalue weighted by atomic mass is 16.3. The molecular weight excluding hydrogens is 492 g/mol. The number of nitrogens with zero attached hydrogens (tertiary/aromatic N) is 2. The summed E-state index contributed by atoms with van der Waals surface area (Å²) < 4.78 is 5.31. The van der Waals surface area contributed by atoms with Crippen LogP contribution in [0.2, 0.25) is 0 Å². The zero-order valence-electron chi connectivity index (χ0n) is 20.8. The Morgan fingerprint density at radius 3 is 2.51 bits per heavy atom. The van der Waals surface area contributed by atoms with Crippen LogP contribution in [0.5, 0.6) is 0 Å². The predicted molar refractivity (Wildman–Crippen MR) is 145 cm³/mol. The molecule has 0 aliphatic carbocycles. The number of aromatic amines is 1. The Kier molecular flexibility index (Phi) is 5.33. The molecule has 8 heteroatoms. The molecule has 0 bridgehead atoms. The van der Waals surface area contributed by atoms with E-state index in [1.807, 2.05) is 54.6 Å². The van der Waals surface area contributed by atoms with E-state index in [1.165, 1.54) is 6.26 Å². The highest BCUT2D eigenvalue weighted by Crippen LogP contribution is 2.45. The molecular formula is C31H24N4O4. The van der Waals surface area contributed by atoms with Crippen LogP contribution in [0, 0.1) is 0 Å². The number of anilines is 1. The van der Waals surface area contributed by atoms with Crippen molar-refractivity contribution < 1.29 is 18.8 Å². The molecule has 2 aliphatic heterocycles. The van der Waals surface area contributed by atoms with E-state index in [0.717, 1.165) is 32.6 Å². The Balaban J connectivity index is 1.30. The Hall–Kier alpha value is -5.11. The molecule has 0 radical (unpaired) electrons. The molecule has 39 heavy (non-hydrogen) atoms. The second kappa shape index (κ2) is 9.02. The molecule has 4 amide bonds. The first-order valence-corrected chi connectivity index (χ1v) is 12.8. The number of para-hydroxylation sites is 2. The standard InChI is InChI=1S/C31H24N4O4/c36-29(32-18-20-11-8-16-39-20)22-13-5-7-15-25(22)35-30(37)26-17-23-21-12-4-6-14-24(21)33-27(23)28(34(26)31(35)38)19-9-2-1-3-10-19/h1-16,26,28,33H,17-18H2,(H,32,36)/t26-,28-/m0/s1. The molecule has 1 fully saturated rings. The van der Waals surface area contributed by atoms with Gasteiger partial charge < -0.3 is 14.7 Å². The molecule has 0 saturated carbocycles. The van der Waals surface area contributed by atoms with Gasteiger partial charge in [0.1, 0.15) is 17.8 Å². The van der Waals surface area contributed by atoms with Gasteiger partial charge in [-0.1, -0.05) is 60.7 Å². The summed E-state index contributed by atoms with van der Waals surface area (Å²) >= 11 is 0. The number of aromatic nitrogens is 1. The molecule has 7 rings (SSSR count). The van der Waals surface area contributed by atoms with Crippen LogP contribution in [0.3, 0.4) is 0 Å². The molecule has 5 aromatic rings. The van der Waals surface area contributed by atoms with Gasteiger partial charge in [-0.05, 0) is 41.5 Å². The molecule has 2 aromatic heterocycles. The lowest BCUT2D eigenvalue weighted by Gasteiger charge is -2.36. The summed E-state index contributed by atoms with van der Waals surface area (Å²) in [6, 6.07) is 26.3. The van der Waals surface area contributed by atoms with E-state index in [4.69, 9.17) is 4.42 Å². The molecule has 192 valence electrons. The Bertz CT molecular complexity index is 1720. The van der Waals surface area contributed by atoms with Crippen LogP contribution in [-0.2, 0) is 17.8 Å². The summed E-state index contributed by atoms with van der Waals surface area (Å²) in [5, 5.41) is 3.87. The SMILES string of the molecule is O=C(NCc1ccco1)c1ccccc1N1C(=O)[C@@H]2Cc3c([nH]c4ccccc34)[C@H](c3ccccc3)N2C1=O. The van der Waals surface area contributed by atoms with Gasteiger partial charge in [-0.15, -0.1) is 0 Å². The summed E-state index contributed by atoms with van der Waals surface area (Å²) in [6.07, 6.45) is 1.92. The normalized spacial score (nSPS) is 18.4. The van der Waals surface area contributed by atoms with Crippen LogP contribution in [-0.4, -0.2) is 33.8 Å². The van der Waals surface area contributed by atoms with Gasteiger partial charge in [-0.3, -0.25) is 14.5 Å². The predicted octanol–water partition coefficient (Wildman–Crippen LogP) is 5.17. The monoisotopic (exact) mass is 516 g/mol. The van der Waals surface area contributed by atoms with Crippen LogP contribution in [0.1, 0.15) is 39.0 Å². The second-order valence-electron chi connectivity index (χ2n) is 9.74. The van der Waals surface area contributed by atoms with Gasteiger partial charge in [0.2, 0.25) is 0 Å². The number of rotatable bonds is 5. The average molecular weight is 517 g/mol. The topological polar surface area (TPSA) is 98.7 Å². The number of hydrogen-bond acceptors (Lipinski definition) is 4. The highest BCUT2D eigenvalue weighted by Gasteiger charge is 2.53. The zero-order valence-corrected chi connectivity index (χ0v) is 20.8. The fourth-order valence-corrected chi connectivity index (χ4v) is 5.81. The highest BCUT2D eigenvalue weighted by molar-refractivity contribution is 6.24. The van der Waals surface area contributed by atoms with Crippen molar-refractivity contribution >= 4 is 34.4 Å². The van der Waals surface area contributed by atoms with Crippen molar-refractivity contribution in [1.82, 2.24) is 15.2 Å². The maximum atomic E-state index is 14.1. The van der Waals surface area contributed by atoms with Gasteiger partial charge in [0.15, 0.2) is 0 Å². The summed E-state index contributed by atoms with van der Waals surface area (Å²) in [5.41, 5.74) is 4.33. The van der Waals surface area contributed by atoms with Gasteiger partial charge >= 0.3 is 6.03 Å². The lowest BCUT2D eigenvalue weighted by atomic mass is 9.89. The maximum Gasteiger partial charge on any atom is 0.332 e. The minimum absolute atomic E-state index is 0.189. The van der Waals surface area contributed by atoms with Crippen LogP contribution in [0.25, 0.3) is 10.9 Å². The number of nitrogens with one attached hydrogen (secondary N) is 2. The first kappa shape index (κ1) is 23.0. The Morgan fingerprint density at radius 1 is 0.923 bits per heavy atom. The minimum atomic E-state index is -0.700. The fraction of sp³-hybridized carbons (Fsp3) is 0.129. The van der Waals surface area contributed by atoms with Crippen molar-refractivity contribution in [2.45, 2.75) is 25.0 Å². The van der Waals surface area contributed by atoms with Crippen LogP contribution >= 0.6 is 0 Å². The van der Waals surface area contributed by atoms with E-state index < -0.39 is 24.0 Å². The van der Waals surface area contributed by atoms with Gasteiger partial charge in [-0.25, -0.2) is 9.69 Å². The number of amides is 4. The molecule has 2 N–H and O–H groups in total. The lowest BCUT2D eigenvalue weighted by Crippen LogP contribution is -2.44. The molecule has 2 aliphatic rings. The van der Waals surface area contributed by atoms with Gasteiger partial charge in [0.25, 0.3) is 11.8 Å². The van der Waals surface area contributed by atoms with Gasteiger partial charge in [0, 0.05) is 23.0 Å². The van der Waals surface area contributed by atoms with E-state index in [2.05, 4.69) is 10.3 Å². The molecule has 2 atom stereocenters. The molecule has 3 aromatic carbocycles. The lowest BCUT2D eigenvalue weighted by molar-refractivity contribution is -0.120. The largest absolute Gasteiger partial charge is 0.467 e. The number of furan rings is 1. The number of benzene rings is 3. The van der Waals surface area contributed by atoms with E-state index in [-0.39, 0.29) is 23.7 Å². The van der Waals surface area contributed by atoms with Crippen molar-refractivity contribution in [3.05, 3.63) is 125 Å². The molecule has 1 saturated heterocycles. The number of imide groups is 1. The Labute approximate surface area is 223 Å². The molecule has 4 heterocycles. The number of H-pyrrole nitrogens is 1. The van der Waals surface area contributed by atoms with Crippen molar-refractivity contribution in [2.24, 2.45) is 0 Å². The van der Waals surface area contributed by atoms with E-state index in [1.54, 1.807) is 41.3 Å². The molecule has 0 spiro atoms. The van der Waals surface area contributed by atoms with Crippen molar-refractivity contribution in [3.8, 4) is 0 Å². The maximum absolute atomic E-state index is 14.1. The fourth-order valence-electron chi connectivity index (χ4n) is 5.81. The summed E-state index contributed by atoms with van der Waals surface area (Å²) in [6.45, 7) is 0.189. The first-order chi connectivity index (χ1) is 19.1. The third kappa shape index (κ3) is 3.64. The van der Waals surface area contributed by atoms with Crippen LogP contribution < -0.4 is 10.2 Å². The first-order valence-electron chi connectivity index (χ1n) is 12.8. The van der Waals surface area contributed by atoms with E-state index in [9.17, 15) is 14.4 Å². The quantitative estimate of drug-likeness (QED) is 0.315. The van der Waals surface area contributed by atoms with Crippen LogP contribution in [0.4, 0.5) is 10.5 Å². The third-order valence-electron chi connectivity index (χ3n) is 7.56. The number of fused-ring (bicyclic) bond motifs is 4. The van der Waals surface area contributed by atoms with E-state index in [0.29, 0.717) is 12.2 Å². The zero-order chi connectivity index (χ0) is 26.5. The van der Waals surface area contributed by atoms with E-state index >= 15 is 0 Å². The summed E-state index contributed by atoms with van der Waals surface area (Å²) in [7, 11) is 0. The van der Waals surface area contributed by atoms with Gasteiger partial charge in [0.05, 0.1) is 24.1 Å². The number of hydrogen-bond donors (Lipinski definition) is 2. The summed E-state index contributed by atoms with van der Waals surface area (Å²) in [5.74, 6) is -0.142. The second-order valence-corrected chi connectivity index (χ2v) is 9.74. The van der Waals surface area contributed by atoms with Crippen molar-refractivity contribution in [3.63, 3.8) is 0 Å². The average Bonchev–Trinajstić information content (AvgIpc) is 3.68. The number of carbonyl (C=O) groups excluding carboxylic acids is 3. The van der Waals surface area contributed by atoms with Crippen molar-refractivity contribution in [2.75, 3.05) is 4.90 Å². The summed E-state index contributed by atoms with van der Waals surface area (Å²) in [4.78, 5) is 47.7. The van der Waals surface area contributed by atoms with Crippen molar-refractivity contribution in [1.29, 1.82) is 0 Å². The number of urea groups is 1. The number of carbonyl (C=O) groups is 3. The molecule has 8 nitrogen and oxygen atoms in total. The third-order valence-corrected chi connectivity index (χ3v) is 7.56. The molecule has 0 unspecified atom stereocenters. The van der Waals surface area contributed by atoms with Crippen LogP contribution in [0.15, 0.2) is 102 Å². The minimum Gasteiger partial charge on any atom is -0.467 e. The smallest absolute Gasteiger partial charge is 0.332 e. The Morgan fingerprint density at radius 2 is 1.69 bits per heavy atom.